The Hall–Kier alpha value is -2.12. The molecule has 0 aliphatic carbocycles. The lowest BCUT2D eigenvalue weighted by atomic mass is 10.2. The third kappa shape index (κ3) is 3.85. The minimum atomic E-state index is -0.325. The average molecular weight is 360 g/mol. The van der Waals surface area contributed by atoms with Crippen LogP contribution in [0.15, 0.2) is 45.5 Å². The Morgan fingerprint density at radius 2 is 2.17 bits per heavy atom. The van der Waals surface area contributed by atoms with Crippen molar-refractivity contribution in [2.24, 2.45) is 0 Å². The van der Waals surface area contributed by atoms with Crippen molar-refractivity contribution in [1.29, 1.82) is 0 Å². The standard InChI is InChI=1S/C17H16N2O3S2/c1-11-3-4-12(2)14(7-11)24-10-16(21)22-9-13-8-15(20)19-5-6-23-17(19)18-13/h3-8H,9-10H2,1-2H3. The molecule has 0 amide bonds. The summed E-state index contributed by atoms with van der Waals surface area (Å²) in [5.74, 6) is -0.0982. The maximum atomic E-state index is 11.9. The molecule has 0 bridgehead atoms. The van der Waals surface area contributed by atoms with Crippen LogP contribution in [-0.2, 0) is 16.1 Å². The fourth-order valence-corrected chi connectivity index (χ4v) is 3.82. The Morgan fingerprint density at radius 3 is 3.00 bits per heavy atom. The Kier molecular flexibility index (Phi) is 5.01. The lowest BCUT2D eigenvalue weighted by molar-refractivity contribution is -0.141. The van der Waals surface area contributed by atoms with Crippen LogP contribution in [0, 0.1) is 13.8 Å². The van der Waals surface area contributed by atoms with Crippen LogP contribution in [0.4, 0.5) is 0 Å². The van der Waals surface area contributed by atoms with Crippen molar-refractivity contribution >= 4 is 34.0 Å². The van der Waals surface area contributed by atoms with Crippen molar-refractivity contribution < 1.29 is 9.53 Å². The third-order valence-corrected chi connectivity index (χ3v) is 5.31. The quantitative estimate of drug-likeness (QED) is 0.516. The first-order valence-corrected chi connectivity index (χ1v) is 9.21. The number of carbonyl (C=O) groups excluding carboxylic acids is 1. The van der Waals surface area contributed by atoms with Crippen molar-refractivity contribution in [3.05, 3.63) is 63.0 Å². The lowest BCUT2D eigenvalue weighted by Gasteiger charge is -2.07. The molecule has 0 saturated carbocycles. The van der Waals surface area contributed by atoms with Gasteiger partial charge in [0.15, 0.2) is 4.96 Å². The van der Waals surface area contributed by atoms with Gasteiger partial charge in [0.05, 0.1) is 11.4 Å². The first kappa shape index (κ1) is 16.7. The molecule has 0 unspecified atom stereocenters. The number of hydrogen-bond donors (Lipinski definition) is 0. The van der Waals surface area contributed by atoms with Gasteiger partial charge >= 0.3 is 5.97 Å². The summed E-state index contributed by atoms with van der Waals surface area (Å²) in [6.45, 7) is 4.04. The number of aromatic nitrogens is 2. The van der Waals surface area contributed by atoms with Crippen molar-refractivity contribution in [3.8, 4) is 0 Å². The predicted molar refractivity (Wildman–Crippen MR) is 95.8 cm³/mol. The normalized spacial score (nSPS) is 10.9. The van der Waals surface area contributed by atoms with Crippen LogP contribution in [0.25, 0.3) is 4.96 Å². The first-order valence-electron chi connectivity index (χ1n) is 7.34. The molecular weight excluding hydrogens is 344 g/mol. The molecule has 0 spiro atoms. The molecule has 2 heterocycles. The van der Waals surface area contributed by atoms with Gasteiger partial charge in [0.25, 0.3) is 5.56 Å². The van der Waals surface area contributed by atoms with Crippen molar-refractivity contribution in [1.82, 2.24) is 9.38 Å². The summed E-state index contributed by atoms with van der Waals surface area (Å²) in [6, 6.07) is 7.53. The van der Waals surface area contributed by atoms with Crippen LogP contribution in [0.3, 0.4) is 0 Å². The number of thioether (sulfide) groups is 1. The smallest absolute Gasteiger partial charge is 0.316 e. The second-order valence-corrected chi connectivity index (χ2v) is 7.25. The Bertz CT molecular complexity index is 946. The molecule has 24 heavy (non-hydrogen) atoms. The molecule has 124 valence electrons. The van der Waals surface area contributed by atoms with Crippen LogP contribution in [-0.4, -0.2) is 21.1 Å². The molecule has 1 aromatic carbocycles. The van der Waals surface area contributed by atoms with E-state index in [-0.39, 0.29) is 23.9 Å². The van der Waals surface area contributed by atoms with Gasteiger partial charge in [-0.2, -0.15) is 0 Å². The zero-order valence-electron chi connectivity index (χ0n) is 13.3. The van der Waals surface area contributed by atoms with E-state index in [2.05, 4.69) is 11.1 Å². The van der Waals surface area contributed by atoms with Crippen LogP contribution >= 0.6 is 23.1 Å². The number of esters is 1. The fourth-order valence-electron chi connectivity index (χ4n) is 2.16. The summed E-state index contributed by atoms with van der Waals surface area (Å²) < 4.78 is 6.70. The summed E-state index contributed by atoms with van der Waals surface area (Å²) in [5.41, 5.74) is 2.59. The second-order valence-electron chi connectivity index (χ2n) is 5.36. The largest absolute Gasteiger partial charge is 0.459 e. The zero-order valence-corrected chi connectivity index (χ0v) is 14.9. The number of nitrogens with zero attached hydrogens (tertiary/aromatic N) is 2. The highest BCUT2D eigenvalue weighted by atomic mass is 32.2. The van der Waals surface area contributed by atoms with Crippen LogP contribution in [0.2, 0.25) is 0 Å². The summed E-state index contributed by atoms with van der Waals surface area (Å²) >= 11 is 2.82. The number of fused-ring (bicyclic) bond motifs is 1. The monoisotopic (exact) mass is 360 g/mol. The summed E-state index contributed by atoms with van der Waals surface area (Å²) in [6.07, 6.45) is 1.67. The number of benzene rings is 1. The van der Waals surface area contributed by atoms with Gasteiger partial charge in [0.1, 0.15) is 6.61 Å². The average Bonchev–Trinajstić information content (AvgIpc) is 3.03. The Morgan fingerprint density at radius 1 is 1.33 bits per heavy atom. The van der Waals surface area contributed by atoms with E-state index in [0.29, 0.717) is 10.7 Å². The maximum Gasteiger partial charge on any atom is 0.316 e. The van der Waals surface area contributed by atoms with E-state index < -0.39 is 0 Å². The van der Waals surface area contributed by atoms with Crippen molar-refractivity contribution in [3.63, 3.8) is 0 Å². The molecule has 0 aliphatic heterocycles. The van der Waals surface area contributed by atoms with Crippen LogP contribution in [0.1, 0.15) is 16.8 Å². The van der Waals surface area contributed by atoms with Crippen LogP contribution in [0.5, 0.6) is 0 Å². The van der Waals surface area contributed by atoms with Gasteiger partial charge in [-0.25, -0.2) is 4.98 Å². The van der Waals surface area contributed by atoms with Gasteiger partial charge in [-0.1, -0.05) is 17.7 Å². The third-order valence-electron chi connectivity index (χ3n) is 3.43. The molecule has 2 aromatic heterocycles. The fraction of sp³-hybridized carbons (Fsp3) is 0.235. The van der Waals surface area contributed by atoms with Gasteiger partial charge in [0.2, 0.25) is 0 Å². The number of rotatable bonds is 5. The van der Waals surface area contributed by atoms with E-state index in [9.17, 15) is 9.59 Å². The van der Waals surface area contributed by atoms with E-state index in [1.807, 2.05) is 26.0 Å². The van der Waals surface area contributed by atoms with E-state index in [1.165, 1.54) is 33.6 Å². The number of ether oxygens (including phenoxy) is 1. The molecule has 0 saturated heterocycles. The van der Waals surface area contributed by atoms with Gasteiger partial charge in [-0.3, -0.25) is 14.0 Å². The van der Waals surface area contributed by atoms with Gasteiger partial charge in [-0.15, -0.1) is 23.1 Å². The van der Waals surface area contributed by atoms with Crippen molar-refractivity contribution in [2.45, 2.75) is 25.3 Å². The highest BCUT2D eigenvalue weighted by Crippen LogP contribution is 2.23. The Labute approximate surface area is 147 Å². The summed E-state index contributed by atoms with van der Waals surface area (Å²) in [5, 5.41) is 1.79. The molecule has 3 rings (SSSR count). The summed E-state index contributed by atoms with van der Waals surface area (Å²) in [7, 11) is 0. The van der Waals surface area contributed by atoms with Gasteiger partial charge in [0, 0.05) is 22.5 Å². The van der Waals surface area contributed by atoms with E-state index >= 15 is 0 Å². The SMILES string of the molecule is Cc1ccc(C)c(SCC(=O)OCc2cc(=O)n3ccsc3n2)c1. The number of aryl methyl sites for hydroxylation is 2. The molecule has 0 fully saturated rings. The second kappa shape index (κ2) is 7.19. The zero-order chi connectivity index (χ0) is 17.1. The molecule has 0 atom stereocenters. The minimum Gasteiger partial charge on any atom is -0.459 e. The number of thiazole rings is 1. The van der Waals surface area contributed by atoms with Gasteiger partial charge < -0.3 is 4.74 Å². The van der Waals surface area contributed by atoms with E-state index in [1.54, 1.807) is 11.6 Å². The van der Waals surface area contributed by atoms with Crippen molar-refractivity contribution in [2.75, 3.05) is 5.75 Å². The molecule has 5 nitrogen and oxygen atoms in total. The maximum absolute atomic E-state index is 11.9. The predicted octanol–water partition coefficient (Wildman–Crippen LogP) is 3.21. The van der Waals surface area contributed by atoms with E-state index in [4.69, 9.17) is 4.74 Å². The molecular formula is C17H16N2O3S2. The molecule has 0 radical (unpaired) electrons. The summed E-state index contributed by atoms with van der Waals surface area (Å²) in [4.78, 5) is 29.8. The molecule has 7 heteroatoms. The number of carbonyl (C=O) groups is 1. The minimum absolute atomic E-state index is 0.00975. The topological polar surface area (TPSA) is 60.7 Å². The Balaban J connectivity index is 1.58. The van der Waals surface area contributed by atoms with Gasteiger partial charge in [-0.05, 0) is 25.5 Å². The number of hydrogen-bond acceptors (Lipinski definition) is 6. The molecule has 0 aliphatic rings. The van der Waals surface area contributed by atoms with Crippen LogP contribution < -0.4 is 5.56 Å². The van der Waals surface area contributed by atoms with E-state index in [0.717, 1.165) is 16.0 Å². The molecule has 3 aromatic rings. The highest BCUT2D eigenvalue weighted by molar-refractivity contribution is 8.00. The highest BCUT2D eigenvalue weighted by Gasteiger charge is 2.09. The lowest BCUT2D eigenvalue weighted by Crippen LogP contribution is -2.15. The first-order chi connectivity index (χ1) is 11.5. The molecule has 0 N–H and O–H groups in total.